The number of halogens is 1. The van der Waals surface area contributed by atoms with Crippen LogP contribution < -0.4 is 5.32 Å². The molecule has 1 atom stereocenters. The number of ether oxygens (including phenoxy) is 1. The van der Waals surface area contributed by atoms with E-state index in [9.17, 15) is 9.90 Å². The van der Waals surface area contributed by atoms with E-state index in [1.165, 1.54) is 6.33 Å². The summed E-state index contributed by atoms with van der Waals surface area (Å²) < 4.78 is 5.11. The smallest absolute Gasteiger partial charge is 0.156 e. The number of nitrogens with one attached hydrogen (secondary N) is 1. The fourth-order valence-corrected chi connectivity index (χ4v) is 1.78. The second kappa shape index (κ2) is 4.95. The van der Waals surface area contributed by atoms with Gasteiger partial charge in [-0.3, -0.25) is 4.79 Å². The van der Waals surface area contributed by atoms with Gasteiger partial charge in [0.1, 0.15) is 22.9 Å². The first kappa shape index (κ1) is 12.2. The summed E-state index contributed by atoms with van der Waals surface area (Å²) >= 11 is 5.75. The molecule has 1 aromatic heterocycles. The van der Waals surface area contributed by atoms with Crippen molar-refractivity contribution < 1.29 is 14.6 Å². The highest BCUT2D eigenvalue weighted by Gasteiger charge is 2.32. The average Bonchev–Trinajstić information content (AvgIpc) is 2.74. The molecule has 1 saturated heterocycles. The quantitative estimate of drug-likeness (QED) is 0.604. The van der Waals surface area contributed by atoms with Crippen LogP contribution in [-0.2, 0) is 4.74 Å². The molecule has 7 heteroatoms. The topological polar surface area (TPSA) is 84.3 Å². The van der Waals surface area contributed by atoms with Gasteiger partial charge in [-0.05, 0) is 0 Å². The number of carbonyl (C=O) groups excluding carboxylic acids is 1. The van der Waals surface area contributed by atoms with Crippen LogP contribution in [0.3, 0.4) is 0 Å². The molecule has 92 valence electrons. The lowest BCUT2D eigenvalue weighted by Crippen LogP contribution is -2.37. The fourth-order valence-electron chi connectivity index (χ4n) is 1.60. The number of hydrogen-bond acceptors (Lipinski definition) is 6. The molecule has 0 bridgehead atoms. The predicted molar refractivity (Wildman–Crippen MR) is 61.3 cm³/mol. The van der Waals surface area contributed by atoms with Gasteiger partial charge >= 0.3 is 0 Å². The number of hydrogen-bond donors (Lipinski definition) is 2. The molecule has 1 unspecified atom stereocenters. The van der Waals surface area contributed by atoms with E-state index in [1.807, 2.05) is 0 Å². The van der Waals surface area contributed by atoms with Crippen molar-refractivity contribution in [2.45, 2.75) is 12.0 Å². The third kappa shape index (κ3) is 2.71. The molecule has 2 rings (SSSR count). The van der Waals surface area contributed by atoms with Crippen molar-refractivity contribution in [2.75, 3.05) is 25.1 Å². The molecule has 1 fully saturated rings. The average molecular weight is 258 g/mol. The molecule has 0 saturated carbocycles. The first-order chi connectivity index (χ1) is 8.14. The van der Waals surface area contributed by atoms with Gasteiger partial charge in [0.15, 0.2) is 6.29 Å². The number of aldehydes is 1. The predicted octanol–water partition coefficient (Wildman–Crippen LogP) is 0.506. The highest BCUT2D eigenvalue weighted by molar-refractivity contribution is 6.32. The van der Waals surface area contributed by atoms with Crippen molar-refractivity contribution in [3.8, 4) is 0 Å². The number of aromatic nitrogens is 2. The van der Waals surface area contributed by atoms with E-state index in [2.05, 4.69) is 15.3 Å². The van der Waals surface area contributed by atoms with Crippen LogP contribution in [0.25, 0.3) is 0 Å². The minimum absolute atomic E-state index is 0.0900. The lowest BCUT2D eigenvalue weighted by atomic mass is 10.0. The molecule has 2 N–H and O–H groups in total. The van der Waals surface area contributed by atoms with Gasteiger partial charge in [0.05, 0.1) is 12.2 Å². The summed E-state index contributed by atoms with van der Waals surface area (Å²) in [4.78, 5) is 18.4. The largest absolute Gasteiger partial charge is 0.386 e. The fraction of sp³-hybridized carbons (Fsp3) is 0.500. The van der Waals surface area contributed by atoms with E-state index < -0.39 is 5.60 Å². The highest BCUT2D eigenvalue weighted by atomic mass is 35.5. The zero-order valence-electron chi connectivity index (χ0n) is 9.02. The summed E-state index contributed by atoms with van der Waals surface area (Å²) in [6, 6.07) is 0. The number of rotatable bonds is 4. The SMILES string of the molecule is O=Cc1c(Cl)ncnc1NCC1(O)CCOC1. The number of aliphatic hydroxyl groups is 1. The van der Waals surface area contributed by atoms with Crippen LogP contribution in [0, 0.1) is 0 Å². The Labute approximate surface area is 103 Å². The second-order valence-corrected chi connectivity index (χ2v) is 4.28. The van der Waals surface area contributed by atoms with Crippen molar-refractivity contribution in [2.24, 2.45) is 0 Å². The second-order valence-electron chi connectivity index (χ2n) is 3.93. The van der Waals surface area contributed by atoms with E-state index >= 15 is 0 Å². The number of nitrogens with zero attached hydrogens (tertiary/aromatic N) is 2. The molecule has 0 radical (unpaired) electrons. The van der Waals surface area contributed by atoms with Gasteiger partial charge < -0.3 is 15.2 Å². The first-order valence-electron chi connectivity index (χ1n) is 5.14. The molecule has 1 aliphatic rings. The lowest BCUT2D eigenvalue weighted by molar-refractivity contribution is 0.0381. The lowest BCUT2D eigenvalue weighted by Gasteiger charge is -2.21. The Morgan fingerprint density at radius 1 is 1.65 bits per heavy atom. The third-order valence-corrected chi connectivity index (χ3v) is 2.92. The Morgan fingerprint density at radius 2 is 2.47 bits per heavy atom. The Hall–Kier alpha value is -1.24. The monoisotopic (exact) mass is 257 g/mol. The molecule has 6 nitrogen and oxygen atoms in total. The molecule has 0 spiro atoms. The molecule has 1 aliphatic heterocycles. The number of anilines is 1. The van der Waals surface area contributed by atoms with E-state index in [4.69, 9.17) is 16.3 Å². The zero-order chi connectivity index (χ0) is 12.3. The van der Waals surface area contributed by atoms with Gasteiger partial charge in [0, 0.05) is 19.6 Å². The van der Waals surface area contributed by atoms with Gasteiger partial charge in [-0.2, -0.15) is 0 Å². The summed E-state index contributed by atoms with van der Waals surface area (Å²) in [5.74, 6) is 0.320. The van der Waals surface area contributed by atoms with Crippen molar-refractivity contribution in [1.29, 1.82) is 0 Å². The van der Waals surface area contributed by atoms with Crippen LogP contribution >= 0.6 is 11.6 Å². The number of carbonyl (C=O) groups is 1. The van der Waals surface area contributed by atoms with Crippen molar-refractivity contribution in [1.82, 2.24) is 9.97 Å². The summed E-state index contributed by atoms with van der Waals surface area (Å²) in [6.45, 7) is 1.06. The standard InChI is InChI=1S/C10H12ClN3O3/c11-8-7(3-15)9(14-6-13-8)12-4-10(16)1-2-17-5-10/h3,6,16H,1-2,4-5H2,(H,12,13,14). The molecule has 0 aliphatic carbocycles. The highest BCUT2D eigenvalue weighted by Crippen LogP contribution is 2.21. The summed E-state index contributed by atoms with van der Waals surface area (Å²) in [5, 5.41) is 13.0. The van der Waals surface area contributed by atoms with Crippen molar-refractivity contribution in [3.63, 3.8) is 0 Å². The summed E-state index contributed by atoms with van der Waals surface area (Å²) in [7, 11) is 0. The minimum atomic E-state index is -0.919. The van der Waals surface area contributed by atoms with Crippen molar-refractivity contribution in [3.05, 3.63) is 17.0 Å². The zero-order valence-corrected chi connectivity index (χ0v) is 9.78. The maximum atomic E-state index is 10.8. The normalized spacial score (nSPS) is 23.6. The molecule has 1 aromatic rings. The Morgan fingerprint density at radius 3 is 3.12 bits per heavy atom. The molecular formula is C10H12ClN3O3. The van der Waals surface area contributed by atoms with Crippen LogP contribution in [0.5, 0.6) is 0 Å². The van der Waals surface area contributed by atoms with E-state index in [0.29, 0.717) is 25.1 Å². The van der Waals surface area contributed by atoms with E-state index in [1.54, 1.807) is 0 Å². The first-order valence-corrected chi connectivity index (χ1v) is 5.52. The van der Waals surface area contributed by atoms with Gasteiger partial charge in [-0.1, -0.05) is 11.6 Å². The van der Waals surface area contributed by atoms with Gasteiger partial charge in [0.2, 0.25) is 0 Å². The van der Waals surface area contributed by atoms with Crippen LogP contribution in [0.4, 0.5) is 5.82 Å². The molecule has 17 heavy (non-hydrogen) atoms. The molecule has 0 aromatic carbocycles. The maximum Gasteiger partial charge on any atom is 0.156 e. The maximum absolute atomic E-state index is 10.8. The van der Waals surface area contributed by atoms with E-state index in [-0.39, 0.29) is 23.9 Å². The van der Waals surface area contributed by atoms with Gasteiger partial charge in [-0.25, -0.2) is 9.97 Å². The van der Waals surface area contributed by atoms with Crippen LogP contribution in [0.2, 0.25) is 5.15 Å². The molecule has 0 amide bonds. The summed E-state index contributed by atoms with van der Waals surface area (Å²) in [6.07, 6.45) is 2.39. The molecule has 2 heterocycles. The van der Waals surface area contributed by atoms with Gasteiger partial charge in [-0.15, -0.1) is 0 Å². The third-order valence-electron chi connectivity index (χ3n) is 2.62. The Bertz CT molecular complexity index is 421. The van der Waals surface area contributed by atoms with Crippen LogP contribution in [0.15, 0.2) is 6.33 Å². The van der Waals surface area contributed by atoms with Crippen LogP contribution in [0.1, 0.15) is 16.8 Å². The Kier molecular flexibility index (Phi) is 3.56. The molecular weight excluding hydrogens is 246 g/mol. The Balaban J connectivity index is 2.08. The summed E-state index contributed by atoms with van der Waals surface area (Å²) in [5.41, 5.74) is -0.728. The van der Waals surface area contributed by atoms with Gasteiger partial charge in [0.25, 0.3) is 0 Å². The van der Waals surface area contributed by atoms with Crippen molar-refractivity contribution >= 4 is 23.7 Å². The minimum Gasteiger partial charge on any atom is -0.386 e. The van der Waals surface area contributed by atoms with E-state index in [0.717, 1.165) is 0 Å². The van der Waals surface area contributed by atoms with Crippen LogP contribution in [-0.4, -0.2) is 46.7 Å².